The van der Waals surface area contributed by atoms with E-state index in [0.29, 0.717) is 17.9 Å². The third-order valence-electron chi connectivity index (χ3n) is 4.32. The Balaban J connectivity index is 2.10. The number of primary amides is 1. The van der Waals surface area contributed by atoms with Crippen molar-refractivity contribution in [2.45, 2.75) is 64.1 Å². The molecule has 0 aliphatic heterocycles. The SMILES string of the molecule is CCOC1CCC(Nc2nc(NC(C)(C)CO)ncc2C(N)=O)CC1. The minimum atomic E-state index is -0.571. The van der Waals surface area contributed by atoms with Gasteiger partial charge < -0.3 is 26.2 Å². The topological polar surface area (TPSA) is 122 Å². The number of aromatic nitrogens is 2. The zero-order valence-corrected chi connectivity index (χ0v) is 15.2. The van der Waals surface area contributed by atoms with Crippen LogP contribution in [0.1, 0.15) is 56.8 Å². The van der Waals surface area contributed by atoms with Gasteiger partial charge in [0.2, 0.25) is 5.95 Å². The number of amides is 1. The molecular formula is C17H29N5O3. The molecule has 0 aromatic carbocycles. The lowest BCUT2D eigenvalue weighted by Gasteiger charge is -2.30. The molecule has 1 aromatic heterocycles. The first kappa shape index (κ1) is 19.4. The third kappa shape index (κ3) is 5.54. The van der Waals surface area contributed by atoms with Gasteiger partial charge in [-0.25, -0.2) is 4.98 Å². The van der Waals surface area contributed by atoms with Gasteiger partial charge in [0.15, 0.2) is 0 Å². The summed E-state index contributed by atoms with van der Waals surface area (Å²) in [7, 11) is 0. The number of hydrogen-bond acceptors (Lipinski definition) is 7. The lowest BCUT2D eigenvalue weighted by atomic mass is 9.93. The highest BCUT2D eigenvalue weighted by molar-refractivity contribution is 5.97. The lowest BCUT2D eigenvalue weighted by Crippen LogP contribution is -2.36. The molecule has 1 amide bonds. The van der Waals surface area contributed by atoms with Crippen molar-refractivity contribution in [2.24, 2.45) is 5.73 Å². The molecular weight excluding hydrogens is 322 g/mol. The Labute approximate surface area is 148 Å². The van der Waals surface area contributed by atoms with Gasteiger partial charge in [0.25, 0.3) is 5.91 Å². The quantitative estimate of drug-likeness (QED) is 0.560. The molecule has 0 bridgehead atoms. The zero-order chi connectivity index (χ0) is 18.4. The van der Waals surface area contributed by atoms with Crippen LogP contribution in [0, 0.1) is 0 Å². The van der Waals surface area contributed by atoms with Crippen LogP contribution in [0.4, 0.5) is 11.8 Å². The summed E-state index contributed by atoms with van der Waals surface area (Å²) in [6, 6.07) is 0.211. The summed E-state index contributed by atoms with van der Waals surface area (Å²) in [5.41, 5.74) is 5.14. The van der Waals surface area contributed by atoms with Crippen LogP contribution < -0.4 is 16.4 Å². The van der Waals surface area contributed by atoms with Crippen LogP contribution in [0.5, 0.6) is 0 Å². The van der Waals surface area contributed by atoms with Gasteiger partial charge in [0.1, 0.15) is 5.82 Å². The summed E-state index contributed by atoms with van der Waals surface area (Å²) in [6.07, 6.45) is 5.57. The van der Waals surface area contributed by atoms with E-state index >= 15 is 0 Å². The number of nitrogens with zero attached hydrogens (tertiary/aromatic N) is 2. The number of hydrogen-bond donors (Lipinski definition) is 4. The van der Waals surface area contributed by atoms with E-state index < -0.39 is 11.4 Å². The van der Waals surface area contributed by atoms with Gasteiger partial charge in [-0.15, -0.1) is 0 Å². The fourth-order valence-electron chi connectivity index (χ4n) is 2.88. The molecule has 0 saturated heterocycles. The Morgan fingerprint density at radius 3 is 2.64 bits per heavy atom. The monoisotopic (exact) mass is 351 g/mol. The number of aliphatic hydroxyl groups excluding tert-OH is 1. The number of rotatable bonds is 8. The van der Waals surface area contributed by atoms with Gasteiger partial charge in [-0.3, -0.25) is 4.79 Å². The largest absolute Gasteiger partial charge is 0.394 e. The van der Waals surface area contributed by atoms with Gasteiger partial charge in [-0.05, 0) is 46.5 Å². The number of aliphatic hydroxyl groups is 1. The highest BCUT2D eigenvalue weighted by atomic mass is 16.5. The molecule has 8 heteroatoms. The molecule has 0 radical (unpaired) electrons. The Morgan fingerprint density at radius 2 is 2.08 bits per heavy atom. The zero-order valence-electron chi connectivity index (χ0n) is 15.2. The highest BCUT2D eigenvalue weighted by Crippen LogP contribution is 2.25. The lowest BCUT2D eigenvalue weighted by molar-refractivity contribution is 0.0346. The summed E-state index contributed by atoms with van der Waals surface area (Å²) in [5.74, 6) is 0.201. The molecule has 1 fully saturated rings. The first-order valence-electron chi connectivity index (χ1n) is 8.78. The summed E-state index contributed by atoms with van der Waals surface area (Å²) >= 11 is 0. The third-order valence-corrected chi connectivity index (χ3v) is 4.32. The van der Waals surface area contributed by atoms with Gasteiger partial charge in [0, 0.05) is 18.8 Å². The Bertz CT molecular complexity index is 586. The van der Waals surface area contributed by atoms with E-state index in [2.05, 4.69) is 20.6 Å². The van der Waals surface area contributed by atoms with Crippen molar-refractivity contribution < 1.29 is 14.6 Å². The average molecular weight is 351 g/mol. The smallest absolute Gasteiger partial charge is 0.254 e. The van der Waals surface area contributed by atoms with Crippen LogP contribution in [-0.2, 0) is 4.74 Å². The maximum atomic E-state index is 11.7. The number of nitrogens with two attached hydrogens (primary N) is 1. The van der Waals surface area contributed by atoms with Gasteiger partial charge in [0.05, 0.1) is 23.8 Å². The van der Waals surface area contributed by atoms with Crippen molar-refractivity contribution in [1.82, 2.24) is 9.97 Å². The molecule has 0 atom stereocenters. The molecule has 1 saturated carbocycles. The number of carbonyl (C=O) groups is 1. The number of nitrogens with one attached hydrogen (secondary N) is 2. The second kappa shape index (κ2) is 8.44. The maximum absolute atomic E-state index is 11.7. The van der Waals surface area contributed by atoms with E-state index in [1.54, 1.807) is 0 Å². The molecule has 0 unspecified atom stereocenters. The second-order valence-electron chi connectivity index (χ2n) is 7.06. The van der Waals surface area contributed by atoms with Crippen LogP contribution in [-0.4, -0.2) is 51.9 Å². The molecule has 2 rings (SSSR count). The fraction of sp³-hybridized carbons (Fsp3) is 0.706. The van der Waals surface area contributed by atoms with E-state index in [0.717, 1.165) is 32.3 Å². The Morgan fingerprint density at radius 1 is 1.40 bits per heavy atom. The Kier molecular flexibility index (Phi) is 6.55. The van der Waals surface area contributed by atoms with Crippen LogP contribution in [0.25, 0.3) is 0 Å². The predicted octanol–water partition coefficient (Wildman–Crippen LogP) is 1.52. The van der Waals surface area contributed by atoms with Crippen molar-refractivity contribution in [3.05, 3.63) is 11.8 Å². The molecule has 1 aliphatic carbocycles. The standard InChI is InChI=1S/C17H29N5O3/c1-4-25-12-7-5-11(6-8-12)20-15-13(14(18)24)9-19-16(21-15)22-17(2,3)10-23/h9,11-12,23H,4-8,10H2,1-3H3,(H2,18,24)(H2,19,20,21,22). The van der Waals surface area contributed by atoms with E-state index in [-0.39, 0.29) is 18.2 Å². The van der Waals surface area contributed by atoms with Gasteiger partial charge in [-0.2, -0.15) is 4.98 Å². The van der Waals surface area contributed by atoms with Crippen LogP contribution in [0.15, 0.2) is 6.20 Å². The normalized spacial score (nSPS) is 21.0. The molecule has 140 valence electrons. The molecule has 25 heavy (non-hydrogen) atoms. The van der Waals surface area contributed by atoms with Crippen molar-refractivity contribution in [1.29, 1.82) is 0 Å². The first-order chi connectivity index (χ1) is 11.8. The van der Waals surface area contributed by atoms with E-state index in [1.165, 1.54) is 6.20 Å². The summed E-state index contributed by atoms with van der Waals surface area (Å²) in [4.78, 5) is 20.2. The maximum Gasteiger partial charge on any atom is 0.254 e. The minimum Gasteiger partial charge on any atom is -0.394 e. The van der Waals surface area contributed by atoms with E-state index in [9.17, 15) is 9.90 Å². The van der Waals surface area contributed by atoms with Crippen molar-refractivity contribution >= 4 is 17.7 Å². The van der Waals surface area contributed by atoms with Gasteiger partial charge in [-0.1, -0.05) is 0 Å². The van der Waals surface area contributed by atoms with E-state index in [4.69, 9.17) is 10.5 Å². The van der Waals surface area contributed by atoms with Crippen LogP contribution in [0.3, 0.4) is 0 Å². The van der Waals surface area contributed by atoms with E-state index in [1.807, 2.05) is 20.8 Å². The average Bonchev–Trinajstić information content (AvgIpc) is 2.56. The molecule has 0 spiro atoms. The Hall–Kier alpha value is -1.93. The molecule has 8 nitrogen and oxygen atoms in total. The summed E-state index contributed by atoms with van der Waals surface area (Å²) in [6.45, 7) is 6.34. The predicted molar refractivity (Wildman–Crippen MR) is 96.6 cm³/mol. The number of carbonyl (C=O) groups excluding carboxylic acids is 1. The van der Waals surface area contributed by atoms with Crippen molar-refractivity contribution in [3.8, 4) is 0 Å². The summed E-state index contributed by atoms with van der Waals surface area (Å²) < 4.78 is 5.67. The fourth-order valence-corrected chi connectivity index (χ4v) is 2.88. The number of anilines is 2. The summed E-state index contributed by atoms with van der Waals surface area (Å²) in [5, 5.41) is 15.8. The molecule has 5 N–H and O–H groups in total. The van der Waals surface area contributed by atoms with Crippen molar-refractivity contribution in [2.75, 3.05) is 23.8 Å². The van der Waals surface area contributed by atoms with Gasteiger partial charge >= 0.3 is 0 Å². The molecule has 1 heterocycles. The van der Waals surface area contributed by atoms with Crippen molar-refractivity contribution in [3.63, 3.8) is 0 Å². The molecule has 1 aromatic rings. The van der Waals surface area contributed by atoms with Crippen LogP contribution >= 0.6 is 0 Å². The second-order valence-corrected chi connectivity index (χ2v) is 7.06. The number of ether oxygens (including phenoxy) is 1. The molecule has 1 aliphatic rings. The highest BCUT2D eigenvalue weighted by Gasteiger charge is 2.24. The first-order valence-corrected chi connectivity index (χ1v) is 8.78. The minimum absolute atomic E-state index is 0.0713. The van der Waals surface area contributed by atoms with Crippen LogP contribution in [0.2, 0.25) is 0 Å².